The number of hydrogen-bond donors (Lipinski definition) is 3. The molecular weight excluding hydrogens is 244 g/mol. The Labute approximate surface area is 112 Å². The van der Waals surface area contributed by atoms with Gasteiger partial charge in [0.25, 0.3) is 0 Å². The molecule has 104 valence electrons. The van der Waals surface area contributed by atoms with Gasteiger partial charge in [-0.1, -0.05) is 18.5 Å². The van der Waals surface area contributed by atoms with Crippen LogP contribution in [0.1, 0.15) is 25.3 Å². The van der Waals surface area contributed by atoms with Gasteiger partial charge in [0, 0.05) is 24.8 Å². The van der Waals surface area contributed by atoms with Crippen molar-refractivity contribution < 1.29 is 10.0 Å². The minimum absolute atomic E-state index is 0.0431. The molecule has 0 aliphatic heterocycles. The zero-order valence-corrected chi connectivity index (χ0v) is 11.3. The van der Waals surface area contributed by atoms with Crippen molar-refractivity contribution in [1.29, 1.82) is 0 Å². The van der Waals surface area contributed by atoms with Crippen LogP contribution >= 0.6 is 0 Å². The van der Waals surface area contributed by atoms with E-state index in [9.17, 15) is 4.79 Å². The molecule has 1 aromatic carbocycles. The fraction of sp³-hybridized carbons (Fsp3) is 0.385. The largest absolute Gasteiger partial charge is 0.409 e. The highest BCUT2D eigenvalue weighted by atomic mass is 16.4. The van der Waals surface area contributed by atoms with Gasteiger partial charge in [0.1, 0.15) is 0 Å². The number of benzene rings is 1. The molecule has 1 rings (SSSR count). The smallest absolute Gasteiger partial charge is 0.321 e. The average Bonchev–Trinajstić information content (AvgIpc) is 2.46. The van der Waals surface area contributed by atoms with E-state index in [1.54, 1.807) is 31.3 Å². The van der Waals surface area contributed by atoms with Crippen LogP contribution < -0.4 is 16.0 Å². The molecule has 0 heterocycles. The maximum atomic E-state index is 11.8. The Hall–Kier alpha value is -2.24. The molecule has 0 unspecified atom stereocenters. The Balaban J connectivity index is 2.67. The summed E-state index contributed by atoms with van der Waals surface area (Å²) in [7, 11) is 1.69. The first-order chi connectivity index (χ1) is 9.10. The van der Waals surface area contributed by atoms with Crippen molar-refractivity contribution in [3.63, 3.8) is 0 Å². The van der Waals surface area contributed by atoms with Crippen molar-refractivity contribution >= 4 is 17.6 Å². The van der Waals surface area contributed by atoms with Crippen LogP contribution in [0.2, 0.25) is 0 Å². The Morgan fingerprint density at radius 2 is 2.05 bits per heavy atom. The lowest BCUT2D eigenvalue weighted by molar-refractivity contribution is 0.247. The second kappa shape index (κ2) is 7.25. The van der Waals surface area contributed by atoms with Crippen molar-refractivity contribution in [2.75, 3.05) is 18.5 Å². The van der Waals surface area contributed by atoms with Crippen LogP contribution in [0.3, 0.4) is 0 Å². The quantitative estimate of drug-likeness (QED) is 0.249. The number of amides is 2. The molecule has 0 radical (unpaired) electrons. The van der Waals surface area contributed by atoms with E-state index >= 15 is 0 Å². The van der Waals surface area contributed by atoms with Crippen molar-refractivity contribution in [3.8, 4) is 0 Å². The highest BCUT2D eigenvalue weighted by Gasteiger charge is 2.10. The average molecular weight is 264 g/mol. The second-order valence-corrected chi connectivity index (χ2v) is 4.18. The standard InChI is InChI=1S/C13H20N4O2/c1-3-4-9-15-13(18)17(2)11-7-5-10(6-8-11)12(14)16-19/h5-8,19H,3-4,9H2,1-2H3,(H2,14,16)(H,15,18). The molecule has 0 saturated heterocycles. The van der Waals surface area contributed by atoms with E-state index in [0.717, 1.165) is 18.5 Å². The Kier molecular flexibility index (Phi) is 5.66. The van der Waals surface area contributed by atoms with Crippen molar-refractivity contribution in [2.24, 2.45) is 10.9 Å². The van der Waals surface area contributed by atoms with Gasteiger partial charge in [-0.25, -0.2) is 4.79 Å². The number of carbonyl (C=O) groups excluding carboxylic acids is 1. The van der Waals surface area contributed by atoms with Crippen LogP contribution in [0.25, 0.3) is 0 Å². The van der Waals surface area contributed by atoms with Crippen LogP contribution in [-0.4, -0.2) is 30.7 Å². The Bertz CT molecular complexity index is 442. The summed E-state index contributed by atoms with van der Waals surface area (Å²) >= 11 is 0. The highest BCUT2D eigenvalue weighted by molar-refractivity contribution is 5.98. The van der Waals surface area contributed by atoms with E-state index in [2.05, 4.69) is 17.4 Å². The predicted molar refractivity (Wildman–Crippen MR) is 75.7 cm³/mol. The van der Waals surface area contributed by atoms with Crippen molar-refractivity contribution in [2.45, 2.75) is 19.8 Å². The first kappa shape index (κ1) is 14.8. The van der Waals surface area contributed by atoms with Crippen molar-refractivity contribution in [3.05, 3.63) is 29.8 Å². The molecular formula is C13H20N4O2. The van der Waals surface area contributed by atoms with E-state index in [4.69, 9.17) is 10.9 Å². The minimum Gasteiger partial charge on any atom is -0.409 e. The fourth-order valence-corrected chi connectivity index (χ4v) is 1.52. The third-order valence-corrected chi connectivity index (χ3v) is 2.77. The van der Waals surface area contributed by atoms with Gasteiger partial charge in [-0.3, -0.25) is 4.90 Å². The van der Waals surface area contributed by atoms with Gasteiger partial charge >= 0.3 is 6.03 Å². The number of carbonyl (C=O) groups is 1. The summed E-state index contributed by atoms with van der Waals surface area (Å²) in [5.41, 5.74) is 6.81. The molecule has 6 nitrogen and oxygen atoms in total. The number of urea groups is 1. The van der Waals surface area contributed by atoms with Crippen LogP contribution in [0, 0.1) is 0 Å². The maximum Gasteiger partial charge on any atom is 0.321 e. The SMILES string of the molecule is CCCCNC(=O)N(C)c1ccc(C(N)=NO)cc1. The normalized spacial score (nSPS) is 11.2. The molecule has 6 heteroatoms. The van der Waals surface area contributed by atoms with E-state index in [1.165, 1.54) is 4.90 Å². The van der Waals surface area contributed by atoms with E-state index < -0.39 is 0 Å². The summed E-state index contributed by atoms with van der Waals surface area (Å²) in [6.07, 6.45) is 2.00. The summed E-state index contributed by atoms with van der Waals surface area (Å²) in [5.74, 6) is 0.0431. The molecule has 19 heavy (non-hydrogen) atoms. The predicted octanol–water partition coefficient (Wildman–Crippen LogP) is 1.73. The molecule has 0 aliphatic carbocycles. The monoisotopic (exact) mass is 264 g/mol. The summed E-state index contributed by atoms with van der Waals surface area (Å²) in [6, 6.07) is 6.73. The number of amidine groups is 1. The van der Waals surface area contributed by atoms with E-state index in [-0.39, 0.29) is 11.9 Å². The first-order valence-electron chi connectivity index (χ1n) is 6.19. The van der Waals surface area contributed by atoms with Crippen molar-refractivity contribution in [1.82, 2.24) is 5.32 Å². The van der Waals surface area contributed by atoms with Gasteiger partial charge in [-0.2, -0.15) is 0 Å². The molecule has 0 aromatic heterocycles. The number of nitrogens with two attached hydrogens (primary N) is 1. The molecule has 0 bridgehead atoms. The summed E-state index contributed by atoms with van der Waals surface area (Å²) in [4.78, 5) is 13.3. The molecule has 0 spiro atoms. The van der Waals surface area contributed by atoms with Gasteiger partial charge in [0.2, 0.25) is 0 Å². The van der Waals surface area contributed by atoms with Crippen LogP contribution in [-0.2, 0) is 0 Å². The lowest BCUT2D eigenvalue weighted by Crippen LogP contribution is -2.37. The second-order valence-electron chi connectivity index (χ2n) is 4.18. The molecule has 2 amide bonds. The number of hydrogen-bond acceptors (Lipinski definition) is 3. The fourth-order valence-electron chi connectivity index (χ4n) is 1.52. The van der Waals surface area contributed by atoms with Crippen LogP contribution in [0.15, 0.2) is 29.4 Å². The summed E-state index contributed by atoms with van der Waals surface area (Å²) in [6.45, 7) is 2.74. The molecule has 0 aliphatic rings. The minimum atomic E-state index is -0.148. The third-order valence-electron chi connectivity index (χ3n) is 2.77. The van der Waals surface area contributed by atoms with Gasteiger partial charge < -0.3 is 16.3 Å². The number of unbranched alkanes of at least 4 members (excludes halogenated alkanes) is 1. The highest BCUT2D eigenvalue weighted by Crippen LogP contribution is 2.13. The van der Waals surface area contributed by atoms with Gasteiger partial charge in [0.15, 0.2) is 5.84 Å². The number of rotatable bonds is 5. The van der Waals surface area contributed by atoms with Gasteiger partial charge in [0.05, 0.1) is 0 Å². The number of oxime groups is 1. The van der Waals surface area contributed by atoms with Crippen LogP contribution in [0.4, 0.5) is 10.5 Å². The number of nitrogens with zero attached hydrogens (tertiary/aromatic N) is 2. The van der Waals surface area contributed by atoms with Gasteiger partial charge in [-0.15, -0.1) is 0 Å². The Morgan fingerprint density at radius 1 is 1.42 bits per heavy atom. The lowest BCUT2D eigenvalue weighted by Gasteiger charge is -2.18. The summed E-state index contributed by atoms with van der Waals surface area (Å²) < 4.78 is 0. The molecule has 0 saturated carbocycles. The molecule has 0 atom stereocenters. The molecule has 4 N–H and O–H groups in total. The summed E-state index contributed by atoms with van der Waals surface area (Å²) in [5, 5.41) is 14.3. The number of nitrogens with one attached hydrogen (secondary N) is 1. The Morgan fingerprint density at radius 3 is 2.58 bits per heavy atom. The van der Waals surface area contributed by atoms with Crippen LogP contribution in [0.5, 0.6) is 0 Å². The zero-order chi connectivity index (χ0) is 14.3. The van der Waals surface area contributed by atoms with E-state index in [1.807, 2.05) is 0 Å². The maximum absolute atomic E-state index is 11.8. The molecule has 1 aromatic rings. The lowest BCUT2D eigenvalue weighted by atomic mass is 10.2. The zero-order valence-electron chi connectivity index (χ0n) is 11.3. The van der Waals surface area contributed by atoms with Gasteiger partial charge in [-0.05, 0) is 30.7 Å². The third kappa shape index (κ3) is 4.17. The topological polar surface area (TPSA) is 91.0 Å². The number of anilines is 1. The van der Waals surface area contributed by atoms with E-state index in [0.29, 0.717) is 12.1 Å². The first-order valence-corrected chi connectivity index (χ1v) is 6.19. The molecule has 0 fully saturated rings.